The van der Waals surface area contributed by atoms with Crippen LogP contribution in [-0.2, 0) is 5.41 Å². The number of rotatable bonds is 4. The lowest BCUT2D eigenvalue weighted by Gasteiger charge is -2.29. The molecule has 0 spiro atoms. The topological polar surface area (TPSA) is 3.24 Å². The van der Waals surface area contributed by atoms with Crippen molar-refractivity contribution in [3.63, 3.8) is 0 Å². The quantitative estimate of drug-likeness (QED) is 0.184. The summed E-state index contributed by atoms with van der Waals surface area (Å²) >= 11 is 1.90. The summed E-state index contributed by atoms with van der Waals surface area (Å²) in [5.74, 6) is 0. The van der Waals surface area contributed by atoms with Gasteiger partial charge in [-0.2, -0.15) is 0 Å². The molecule has 232 valence electrons. The van der Waals surface area contributed by atoms with Crippen molar-refractivity contribution in [3.05, 3.63) is 175 Å². The number of hydrogen-bond acceptors (Lipinski definition) is 2. The van der Waals surface area contributed by atoms with Crippen molar-refractivity contribution in [2.45, 2.75) is 19.3 Å². The summed E-state index contributed by atoms with van der Waals surface area (Å²) < 4.78 is 2.62. The van der Waals surface area contributed by atoms with Gasteiger partial charge < -0.3 is 4.90 Å². The fourth-order valence-corrected chi connectivity index (χ4v) is 9.48. The number of thiophene rings is 1. The number of hydrogen-bond donors (Lipinski definition) is 0. The van der Waals surface area contributed by atoms with Crippen molar-refractivity contribution in [1.29, 1.82) is 0 Å². The van der Waals surface area contributed by atoms with Gasteiger partial charge in [-0.25, -0.2) is 0 Å². The van der Waals surface area contributed by atoms with Crippen LogP contribution in [0.4, 0.5) is 17.1 Å². The lowest BCUT2D eigenvalue weighted by Crippen LogP contribution is -2.16. The molecule has 1 aromatic heterocycles. The molecule has 0 saturated heterocycles. The van der Waals surface area contributed by atoms with Crippen molar-refractivity contribution in [3.8, 4) is 22.3 Å². The summed E-state index contributed by atoms with van der Waals surface area (Å²) in [6, 6.07) is 60.6. The number of nitrogens with zero attached hydrogens (tertiary/aromatic N) is 1. The van der Waals surface area contributed by atoms with Crippen LogP contribution in [0.3, 0.4) is 0 Å². The number of fused-ring (bicyclic) bond motifs is 8. The number of benzene rings is 8. The Morgan fingerprint density at radius 2 is 1.08 bits per heavy atom. The Hall–Kier alpha value is -5.70. The van der Waals surface area contributed by atoms with Crippen LogP contribution in [0.25, 0.3) is 64.0 Å². The highest BCUT2D eigenvalue weighted by atomic mass is 32.1. The third-order valence-corrected chi connectivity index (χ3v) is 11.8. The van der Waals surface area contributed by atoms with Crippen LogP contribution in [0, 0.1) is 0 Å². The largest absolute Gasteiger partial charge is 0.308 e. The molecule has 0 saturated carbocycles. The molecule has 1 aliphatic carbocycles. The Kier molecular flexibility index (Phi) is 6.16. The molecule has 0 unspecified atom stereocenters. The van der Waals surface area contributed by atoms with Gasteiger partial charge in [-0.1, -0.05) is 141 Å². The molecule has 9 aromatic rings. The van der Waals surface area contributed by atoms with Gasteiger partial charge >= 0.3 is 0 Å². The third-order valence-electron chi connectivity index (χ3n) is 10.6. The molecule has 1 nitrogen and oxygen atoms in total. The van der Waals surface area contributed by atoms with Gasteiger partial charge in [0.05, 0.1) is 16.1 Å². The standard InChI is InChI=1S/C47H33NS/c1-47(2)40-20-8-7-17-38(40)45-41(47)21-11-22-42(45)48(34-26-24-31(25-27-34)36-18-9-15-30-12-5-6-16-35(30)36)43-23-10-19-37-39-28-32-13-3-4-14-33(32)29-44(39)49-46(37)43/h3-29H,1-2H3. The first-order chi connectivity index (χ1) is 24.1. The average molecular weight is 644 g/mol. The monoisotopic (exact) mass is 643 g/mol. The molecule has 2 heteroatoms. The van der Waals surface area contributed by atoms with E-state index in [1.807, 2.05) is 11.3 Å². The predicted octanol–water partition coefficient (Wildman–Crippen LogP) is 13.8. The Morgan fingerprint density at radius 3 is 1.94 bits per heavy atom. The van der Waals surface area contributed by atoms with E-state index in [2.05, 4.69) is 183 Å². The van der Waals surface area contributed by atoms with Crippen molar-refractivity contribution in [2.24, 2.45) is 0 Å². The van der Waals surface area contributed by atoms with E-state index in [0.717, 1.165) is 5.69 Å². The zero-order valence-electron chi connectivity index (χ0n) is 27.4. The lowest BCUT2D eigenvalue weighted by molar-refractivity contribution is 0.660. The first-order valence-corrected chi connectivity index (χ1v) is 17.8. The minimum atomic E-state index is -0.0877. The van der Waals surface area contributed by atoms with E-state index in [-0.39, 0.29) is 5.41 Å². The normalized spacial score (nSPS) is 13.3. The molecule has 0 fully saturated rings. The molecule has 0 atom stereocenters. The van der Waals surface area contributed by atoms with Crippen LogP contribution < -0.4 is 4.90 Å². The van der Waals surface area contributed by atoms with Gasteiger partial charge in [-0.05, 0) is 85.8 Å². The Labute approximate surface area is 290 Å². The molecular formula is C47H33NS. The first kappa shape index (κ1) is 28.3. The third kappa shape index (κ3) is 4.24. The van der Waals surface area contributed by atoms with E-state index in [0.29, 0.717) is 0 Å². The maximum Gasteiger partial charge on any atom is 0.0640 e. The smallest absolute Gasteiger partial charge is 0.0640 e. The van der Waals surface area contributed by atoms with E-state index >= 15 is 0 Å². The van der Waals surface area contributed by atoms with Gasteiger partial charge in [-0.15, -0.1) is 11.3 Å². The molecule has 1 aliphatic rings. The molecular weight excluding hydrogens is 611 g/mol. The second kappa shape index (κ2) is 10.7. The molecule has 0 bridgehead atoms. The van der Waals surface area contributed by atoms with Crippen LogP contribution in [0.2, 0.25) is 0 Å². The highest BCUT2D eigenvalue weighted by Gasteiger charge is 2.37. The number of anilines is 3. The van der Waals surface area contributed by atoms with Crippen LogP contribution >= 0.6 is 11.3 Å². The van der Waals surface area contributed by atoms with E-state index in [1.165, 1.54) is 86.5 Å². The van der Waals surface area contributed by atoms with E-state index in [9.17, 15) is 0 Å². The maximum atomic E-state index is 2.52. The van der Waals surface area contributed by atoms with E-state index in [1.54, 1.807) is 0 Å². The minimum absolute atomic E-state index is 0.0877. The van der Waals surface area contributed by atoms with Crippen LogP contribution in [0.15, 0.2) is 164 Å². The molecule has 0 amide bonds. The molecule has 49 heavy (non-hydrogen) atoms. The molecule has 10 rings (SSSR count). The summed E-state index contributed by atoms with van der Waals surface area (Å²) in [4.78, 5) is 2.52. The lowest BCUT2D eigenvalue weighted by atomic mass is 9.82. The highest BCUT2D eigenvalue weighted by molar-refractivity contribution is 7.26. The second-order valence-electron chi connectivity index (χ2n) is 13.7. The Bertz CT molecular complexity index is 2740. The fraction of sp³-hybridized carbons (Fsp3) is 0.0638. The van der Waals surface area contributed by atoms with Crippen LogP contribution in [-0.4, -0.2) is 0 Å². The zero-order chi connectivity index (χ0) is 32.7. The average Bonchev–Trinajstić information content (AvgIpc) is 3.63. The summed E-state index contributed by atoms with van der Waals surface area (Å²) in [5.41, 5.74) is 11.4. The van der Waals surface area contributed by atoms with Crippen LogP contribution in [0.5, 0.6) is 0 Å². The zero-order valence-corrected chi connectivity index (χ0v) is 28.3. The molecule has 8 aromatic carbocycles. The van der Waals surface area contributed by atoms with E-state index < -0.39 is 0 Å². The van der Waals surface area contributed by atoms with Gasteiger partial charge in [0.15, 0.2) is 0 Å². The Morgan fingerprint density at radius 1 is 0.469 bits per heavy atom. The van der Waals surface area contributed by atoms with Crippen molar-refractivity contribution < 1.29 is 0 Å². The second-order valence-corrected chi connectivity index (χ2v) is 14.8. The molecule has 0 aliphatic heterocycles. The minimum Gasteiger partial charge on any atom is -0.308 e. The van der Waals surface area contributed by atoms with Gasteiger partial charge in [0.1, 0.15) is 0 Å². The molecule has 1 heterocycles. The van der Waals surface area contributed by atoms with Crippen LogP contribution in [0.1, 0.15) is 25.0 Å². The highest BCUT2D eigenvalue weighted by Crippen LogP contribution is 2.55. The SMILES string of the molecule is CC1(C)c2ccccc2-c2c(N(c3ccc(-c4cccc5ccccc45)cc3)c3cccc4c3sc3cc5ccccc5cc34)cccc21. The van der Waals surface area contributed by atoms with E-state index in [4.69, 9.17) is 0 Å². The summed E-state index contributed by atoms with van der Waals surface area (Å²) in [6.07, 6.45) is 0. The predicted molar refractivity (Wildman–Crippen MR) is 212 cm³/mol. The van der Waals surface area contributed by atoms with Gasteiger partial charge in [-0.3, -0.25) is 0 Å². The van der Waals surface area contributed by atoms with Gasteiger partial charge in [0.25, 0.3) is 0 Å². The molecule has 0 N–H and O–H groups in total. The Balaban J connectivity index is 1.23. The summed E-state index contributed by atoms with van der Waals surface area (Å²) in [7, 11) is 0. The summed E-state index contributed by atoms with van der Waals surface area (Å²) in [6.45, 7) is 4.73. The van der Waals surface area contributed by atoms with Gasteiger partial charge in [0.2, 0.25) is 0 Å². The fourth-order valence-electron chi connectivity index (χ4n) is 8.24. The van der Waals surface area contributed by atoms with Gasteiger partial charge in [0, 0.05) is 32.1 Å². The maximum absolute atomic E-state index is 2.52. The first-order valence-electron chi connectivity index (χ1n) is 17.0. The van der Waals surface area contributed by atoms with Crippen molar-refractivity contribution >= 4 is 70.1 Å². The van der Waals surface area contributed by atoms with Crippen molar-refractivity contribution in [1.82, 2.24) is 0 Å². The molecule has 0 radical (unpaired) electrons. The van der Waals surface area contributed by atoms with Crippen molar-refractivity contribution in [2.75, 3.05) is 4.90 Å². The summed E-state index contributed by atoms with van der Waals surface area (Å²) in [5, 5.41) is 7.71.